The molecule has 1 N–H and O–H groups in total. The smallest absolute Gasteiger partial charge is 0.353 e. The van der Waals surface area contributed by atoms with E-state index in [-0.39, 0.29) is 22.5 Å². The van der Waals surface area contributed by atoms with E-state index >= 15 is 0 Å². The molecule has 1 saturated carbocycles. The third-order valence-corrected chi connectivity index (χ3v) is 6.62. The van der Waals surface area contributed by atoms with E-state index in [4.69, 9.17) is 9.47 Å². The van der Waals surface area contributed by atoms with Gasteiger partial charge in [0.2, 0.25) is 11.6 Å². The summed E-state index contributed by atoms with van der Waals surface area (Å²) in [5.74, 6) is 0.0682. The topological polar surface area (TPSA) is 103 Å². The minimum atomic E-state index is -0.483. The van der Waals surface area contributed by atoms with E-state index in [2.05, 4.69) is 15.3 Å². The van der Waals surface area contributed by atoms with Crippen molar-refractivity contribution in [3.8, 4) is 0 Å². The van der Waals surface area contributed by atoms with Crippen LogP contribution >= 0.6 is 0 Å². The fourth-order valence-electron chi connectivity index (χ4n) is 4.87. The van der Waals surface area contributed by atoms with Gasteiger partial charge in [-0.3, -0.25) is 10.1 Å². The van der Waals surface area contributed by atoms with Crippen molar-refractivity contribution in [2.75, 3.05) is 23.4 Å². The van der Waals surface area contributed by atoms with Gasteiger partial charge in [-0.05, 0) is 24.0 Å². The van der Waals surface area contributed by atoms with Crippen LogP contribution in [-0.2, 0) is 22.6 Å². The van der Waals surface area contributed by atoms with Gasteiger partial charge in [0.25, 0.3) is 0 Å². The highest BCUT2D eigenvalue weighted by Gasteiger charge is 2.41. The first-order valence-electron chi connectivity index (χ1n) is 12.0. The highest BCUT2D eigenvalue weighted by atomic mass is 16.7. The zero-order chi connectivity index (χ0) is 24.1. The van der Waals surface area contributed by atoms with Gasteiger partial charge in [0.15, 0.2) is 5.79 Å². The molecular formula is C26H29N5O4. The van der Waals surface area contributed by atoms with Crippen molar-refractivity contribution < 1.29 is 14.4 Å². The summed E-state index contributed by atoms with van der Waals surface area (Å²) in [5, 5.41) is 15.6. The van der Waals surface area contributed by atoms with Gasteiger partial charge in [0.1, 0.15) is 6.33 Å². The number of benzene rings is 2. The van der Waals surface area contributed by atoms with E-state index in [1.54, 1.807) is 0 Å². The Balaban J connectivity index is 1.42. The van der Waals surface area contributed by atoms with E-state index < -0.39 is 5.79 Å². The molecule has 2 aliphatic rings. The monoisotopic (exact) mass is 475 g/mol. The third kappa shape index (κ3) is 5.41. The van der Waals surface area contributed by atoms with Crippen molar-refractivity contribution in [2.45, 2.75) is 50.6 Å². The molecule has 2 aromatic carbocycles. The van der Waals surface area contributed by atoms with Crippen LogP contribution in [-0.4, -0.2) is 39.9 Å². The van der Waals surface area contributed by atoms with Crippen molar-refractivity contribution in [1.29, 1.82) is 0 Å². The van der Waals surface area contributed by atoms with Gasteiger partial charge in [-0.15, -0.1) is 0 Å². The summed E-state index contributed by atoms with van der Waals surface area (Å²) in [6, 6.07) is 19.8. The molecule has 1 spiro atoms. The number of hydrogen-bond acceptors (Lipinski definition) is 8. The third-order valence-electron chi connectivity index (χ3n) is 6.62. The fraction of sp³-hybridized carbons (Fsp3) is 0.385. The molecule has 35 heavy (non-hydrogen) atoms. The van der Waals surface area contributed by atoms with E-state index in [9.17, 15) is 10.1 Å². The van der Waals surface area contributed by atoms with Crippen LogP contribution in [0.4, 0.5) is 17.3 Å². The molecule has 1 saturated heterocycles. The predicted octanol–water partition coefficient (Wildman–Crippen LogP) is 4.69. The van der Waals surface area contributed by atoms with Crippen LogP contribution in [0.2, 0.25) is 0 Å². The number of hydrogen-bond donors (Lipinski definition) is 1. The normalized spacial score (nSPS) is 17.4. The molecule has 1 aromatic heterocycles. The largest absolute Gasteiger partial charge is 0.361 e. The highest BCUT2D eigenvalue weighted by Crippen LogP contribution is 2.39. The van der Waals surface area contributed by atoms with Crippen LogP contribution in [0.3, 0.4) is 0 Å². The van der Waals surface area contributed by atoms with Gasteiger partial charge in [0, 0.05) is 32.0 Å². The second-order valence-corrected chi connectivity index (χ2v) is 9.01. The van der Waals surface area contributed by atoms with Crippen LogP contribution in [0, 0.1) is 10.1 Å². The lowest BCUT2D eigenvalue weighted by molar-refractivity contribution is -0.383. The average Bonchev–Trinajstić information content (AvgIpc) is 3.34. The second kappa shape index (κ2) is 10.4. The molecule has 9 heteroatoms. The molecule has 1 aliphatic carbocycles. The van der Waals surface area contributed by atoms with E-state index in [0.717, 1.165) is 36.8 Å². The summed E-state index contributed by atoms with van der Waals surface area (Å²) in [7, 11) is 0. The Kier molecular flexibility index (Phi) is 6.87. The lowest BCUT2D eigenvalue weighted by Gasteiger charge is -2.35. The molecule has 9 nitrogen and oxygen atoms in total. The molecule has 0 bridgehead atoms. The van der Waals surface area contributed by atoms with Crippen LogP contribution in [0.15, 0.2) is 67.0 Å². The van der Waals surface area contributed by atoms with Gasteiger partial charge in [-0.25, -0.2) is 9.97 Å². The molecule has 182 valence electrons. The quantitative estimate of drug-likeness (QED) is 0.370. The van der Waals surface area contributed by atoms with Gasteiger partial charge in [-0.1, -0.05) is 60.7 Å². The summed E-state index contributed by atoms with van der Waals surface area (Å²) >= 11 is 0. The van der Waals surface area contributed by atoms with E-state index in [0.29, 0.717) is 32.1 Å². The highest BCUT2D eigenvalue weighted by molar-refractivity contribution is 5.70. The molecular weight excluding hydrogens is 446 g/mol. The average molecular weight is 476 g/mol. The maximum Gasteiger partial charge on any atom is 0.353 e. The van der Waals surface area contributed by atoms with E-state index in [1.807, 2.05) is 65.6 Å². The summed E-state index contributed by atoms with van der Waals surface area (Å²) in [4.78, 5) is 22.6. The maximum atomic E-state index is 12.3. The van der Waals surface area contributed by atoms with Crippen molar-refractivity contribution in [3.63, 3.8) is 0 Å². The van der Waals surface area contributed by atoms with Crippen LogP contribution in [0.25, 0.3) is 0 Å². The van der Waals surface area contributed by atoms with Crippen molar-refractivity contribution in [2.24, 2.45) is 0 Å². The molecule has 1 aliphatic heterocycles. The number of anilines is 2. The predicted molar refractivity (Wildman–Crippen MR) is 132 cm³/mol. The SMILES string of the molecule is O=[N+]([O-])c1c(NC2CCC3(CC2)OCCO3)ncnc1N(Cc1ccccc1)Cc1ccccc1. The molecule has 0 unspecified atom stereocenters. The first-order valence-corrected chi connectivity index (χ1v) is 12.0. The summed E-state index contributed by atoms with van der Waals surface area (Å²) in [6.45, 7) is 2.20. The fourth-order valence-corrected chi connectivity index (χ4v) is 4.87. The number of rotatable bonds is 8. The number of ether oxygens (including phenoxy) is 2. The minimum Gasteiger partial charge on any atom is -0.361 e. The molecule has 0 amide bonds. The lowest BCUT2D eigenvalue weighted by Crippen LogP contribution is -2.39. The standard InChI is InChI=1S/C26H29N5O4/c32-31(33)23-24(29-22-11-13-26(14-12-22)34-15-16-35-26)27-19-28-25(23)30(17-20-7-3-1-4-8-20)18-21-9-5-2-6-10-21/h1-10,19,22H,11-18H2,(H,27,28,29). The molecule has 2 heterocycles. The van der Waals surface area contributed by atoms with Gasteiger partial charge in [-0.2, -0.15) is 0 Å². The Bertz CT molecular complexity index is 1090. The number of nitrogens with one attached hydrogen (secondary N) is 1. The zero-order valence-electron chi connectivity index (χ0n) is 19.5. The number of aromatic nitrogens is 2. The maximum absolute atomic E-state index is 12.3. The van der Waals surface area contributed by atoms with Crippen molar-refractivity contribution in [1.82, 2.24) is 9.97 Å². The Labute approximate surface area is 204 Å². The van der Waals surface area contributed by atoms with Crippen molar-refractivity contribution in [3.05, 3.63) is 88.2 Å². The minimum absolute atomic E-state index is 0.0478. The molecule has 0 radical (unpaired) electrons. The Morgan fingerprint density at radius 1 is 0.943 bits per heavy atom. The number of nitrogens with zero attached hydrogens (tertiary/aromatic N) is 4. The summed E-state index contributed by atoms with van der Waals surface area (Å²) in [5.41, 5.74) is 1.98. The number of nitro groups is 1. The Morgan fingerprint density at radius 2 is 1.51 bits per heavy atom. The first kappa shape index (κ1) is 23.2. The first-order chi connectivity index (χ1) is 17.1. The van der Waals surface area contributed by atoms with Gasteiger partial charge >= 0.3 is 5.69 Å². The Morgan fingerprint density at radius 3 is 2.06 bits per heavy atom. The van der Waals surface area contributed by atoms with Gasteiger partial charge in [0.05, 0.1) is 18.1 Å². The van der Waals surface area contributed by atoms with Crippen LogP contribution in [0.5, 0.6) is 0 Å². The van der Waals surface area contributed by atoms with Crippen LogP contribution < -0.4 is 10.2 Å². The summed E-state index contributed by atoms with van der Waals surface area (Å²) in [6.07, 6.45) is 4.48. The second-order valence-electron chi connectivity index (χ2n) is 9.01. The molecule has 2 fully saturated rings. The Hall–Kier alpha value is -3.56. The van der Waals surface area contributed by atoms with E-state index in [1.165, 1.54) is 6.33 Å². The molecule has 5 rings (SSSR count). The summed E-state index contributed by atoms with van der Waals surface area (Å²) < 4.78 is 11.6. The van der Waals surface area contributed by atoms with Crippen molar-refractivity contribution >= 4 is 17.3 Å². The van der Waals surface area contributed by atoms with Gasteiger partial charge < -0.3 is 19.7 Å². The molecule has 3 aromatic rings. The van der Waals surface area contributed by atoms with Crippen LogP contribution in [0.1, 0.15) is 36.8 Å². The lowest BCUT2D eigenvalue weighted by atomic mass is 9.90. The zero-order valence-corrected chi connectivity index (χ0v) is 19.5. The molecule has 0 atom stereocenters.